The van der Waals surface area contributed by atoms with Gasteiger partial charge in [0.05, 0.1) is 6.61 Å². The molecule has 0 aromatic heterocycles. The molecule has 0 fully saturated rings. The topological polar surface area (TPSA) is 21.3 Å². The van der Waals surface area contributed by atoms with Gasteiger partial charge in [-0.3, -0.25) is 0 Å². The number of alkyl halides is 2. The molecule has 3 rings (SSSR count). The van der Waals surface area contributed by atoms with Crippen molar-refractivity contribution in [1.29, 1.82) is 0 Å². The molecule has 0 spiro atoms. The minimum atomic E-state index is -2.38. The Bertz CT molecular complexity index is 616. The zero-order chi connectivity index (χ0) is 14.7. The zero-order valence-corrected chi connectivity index (χ0v) is 12.1. The molecule has 1 N–H and O–H groups in total. The van der Waals surface area contributed by atoms with Gasteiger partial charge in [-0.15, -0.1) is 0 Å². The first kappa shape index (κ1) is 14.2. The lowest BCUT2D eigenvalue weighted by Gasteiger charge is -2.08. The van der Waals surface area contributed by atoms with Gasteiger partial charge in [0.2, 0.25) is 0 Å². The van der Waals surface area contributed by atoms with E-state index in [0.29, 0.717) is 23.2 Å². The van der Waals surface area contributed by atoms with Gasteiger partial charge in [-0.1, -0.05) is 23.9 Å². The second-order valence-corrected chi connectivity index (χ2v) is 5.86. The van der Waals surface area contributed by atoms with Crippen LogP contribution in [-0.2, 0) is 13.0 Å². The first-order valence-corrected chi connectivity index (χ1v) is 7.62. The highest BCUT2D eigenvalue weighted by Gasteiger charge is 2.11. The van der Waals surface area contributed by atoms with Gasteiger partial charge in [0.1, 0.15) is 5.75 Å². The summed E-state index contributed by atoms with van der Waals surface area (Å²) in [5, 5.41) is 3.30. The molecule has 0 atom stereocenters. The Hall–Kier alpha value is -1.75. The van der Waals surface area contributed by atoms with Gasteiger partial charge < -0.3 is 10.1 Å². The highest BCUT2D eigenvalue weighted by atomic mass is 32.2. The summed E-state index contributed by atoms with van der Waals surface area (Å²) >= 11 is 0.560. The summed E-state index contributed by atoms with van der Waals surface area (Å²) in [6.45, 7) is 1.46. The monoisotopic (exact) mass is 307 g/mol. The second-order valence-electron chi connectivity index (χ2n) is 4.80. The van der Waals surface area contributed by atoms with Gasteiger partial charge in [-0.05, 0) is 41.5 Å². The molecule has 0 amide bonds. The van der Waals surface area contributed by atoms with Crippen LogP contribution in [0.25, 0.3) is 0 Å². The molecule has 21 heavy (non-hydrogen) atoms. The molecule has 1 aliphatic heterocycles. The van der Waals surface area contributed by atoms with Gasteiger partial charge in [0, 0.05) is 23.5 Å². The van der Waals surface area contributed by atoms with E-state index in [1.807, 2.05) is 24.3 Å². The van der Waals surface area contributed by atoms with Crippen LogP contribution in [0.4, 0.5) is 14.5 Å². The third-order valence-corrected chi connectivity index (χ3v) is 4.05. The fourth-order valence-corrected chi connectivity index (χ4v) is 2.81. The van der Waals surface area contributed by atoms with E-state index >= 15 is 0 Å². The molecule has 1 heterocycles. The van der Waals surface area contributed by atoms with Crippen LogP contribution < -0.4 is 10.1 Å². The van der Waals surface area contributed by atoms with Crippen molar-refractivity contribution in [2.24, 2.45) is 0 Å². The van der Waals surface area contributed by atoms with Crippen molar-refractivity contribution in [3.05, 3.63) is 53.6 Å². The van der Waals surface area contributed by atoms with Crippen molar-refractivity contribution in [2.75, 3.05) is 11.9 Å². The Morgan fingerprint density at radius 1 is 1.14 bits per heavy atom. The summed E-state index contributed by atoms with van der Waals surface area (Å²) in [4.78, 5) is 0.574. The SMILES string of the molecule is FC(F)Sc1ccc(NCc2ccc3c(c2)CCO3)cc1. The van der Waals surface area contributed by atoms with Crippen molar-refractivity contribution >= 4 is 17.4 Å². The second kappa shape index (κ2) is 6.35. The average Bonchev–Trinajstić information content (AvgIpc) is 2.93. The Morgan fingerprint density at radius 2 is 1.95 bits per heavy atom. The van der Waals surface area contributed by atoms with Crippen molar-refractivity contribution < 1.29 is 13.5 Å². The van der Waals surface area contributed by atoms with Crippen LogP contribution in [0.5, 0.6) is 5.75 Å². The van der Waals surface area contributed by atoms with Crippen molar-refractivity contribution in [3.63, 3.8) is 0 Å². The maximum absolute atomic E-state index is 12.2. The maximum Gasteiger partial charge on any atom is 0.288 e. The number of fused-ring (bicyclic) bond motifs is 1. The van der Waals surface area contributed by atoms with Gasteiger partial charge in [0.25, 0.3) is 5.76 Å². The number of rotatable bonds is 5. The van der Waals surface area contributed by atoms with Crippen molar-refractivity contribution in [1.82, 2.24) is 0 Å². The highest BCUT2D eigenvalue weighted by Crippen LogP contribution is 2.27. The molecule has 0 aliphatic carbocycles. The quantitative estimate of drug-likeness (QED) is 0.819. The molecule has 2 nitrogen and oxygen atoms in total. The Morgan fingerprint density at radius 3 is 2.71 bits per heavy atom. The Labute approximate surface area is 126 Å². The Balaban J connectivity index is 1.59. The molecule has 0 saturated heterocycles. The van der Waals surface area contributed by atoms with E-state index in [0.717, 1.165) is 24.5 Å². The third-order valence-electron chi connectivity index (χ3n) is 3.33. The lowest BCUT2D eigenvalue weighted by Crippen LogP contribution is -1.99. The number of hydrogen-bond acceptors (Lipinski definition) is 3. The smallest absolute Gasteiger partial charge is 0.288 e. The van der Waals surface area contributed by atoms with Gasteiger partial charge in [-0.25, -0.2) is 0 Å². The predicted molar refractivity (Wildman–Crippen MR) is 81.3 cm³/mol. The molecular weight excluding hydrogens is 292 g/mol. The summed E-state index contributed by atoms with van der Waals surface area (Å²) in [7, 11) is 0. The summed E-state index contributed by atoms with van der Waals surface area (Å²) < 4.78 is 30.0. The van der Waals surface area contributed by atoms with Gasteiger partial charge >= 0.3 is 0 Å². The van der Waals surface area contributed by atoms with Crippen LogP contribution in [-0.4, -0.2) is 12.4 Å². The van der Waals surface area contributed by atoms with Crippen LogP contribution in [0.2, 0.25) is 0 Å². The molecule has 0 bridgehead atoms. The largest absolute Gasteiger partial charge is 0.493 e. The molecule has 0 unspecified atom stereocenters. The van der Waals surface area contributed by atoms with Gasteiger partial charge in [-0.2, -0.15) is 8.78 Å². The average molecular weight is 307 g/mol. The number of benzene rings is 2. The number of thioether (sulfide) groups is 1. The molecule has 2 aromatic carbocycles. The summed E-state index contributed by atoms with van der Waals surface area (Å²) in [5.41, 5.74) is 3.36. The first-order chi connectivity index (χ1) is 10.2. The van der Waals surface area contributed by atoms with Crippen LogP contribution in [0, 0.1) is 0 Å². The van der Waals surface area contributed by atoms with E-state index < -0.39 is 5.76 Å². The molecule has 110 valence electrons. The van der Waals surface area contributed by atoms with Crippen LogP contribution in [0.15, 0.2) is 47.4 Å². The maximum atomic E-state index is 12.2. The lowest BCUT2D eigenvalue weighted by atomic mass is 10.1. The van der Waals surface area contributed by atoms with Crippen LogP contribution in [0.1, 0.15) is 11.1 Å². The summed E-state index contributed by atoms with van der Waals surface area (Å²) in [6, 6.07) is 13.2. The number of halogens is 2. The molecule has 0 radical (unpaired) electrons. The molecule has 5 heteroatoms. The van der Waals surface area contributed by atoms with Crippen LogP contribution in [0.3, 0.4) is 0 Å². The molecular formula is C16H15F2NOS. The fraction of sp³-hybridized carbons (Fsp3) is 0.250. The predicted octanol–water partition coefficient (Wildman–Crippen LogP) is 4.55. The summed E-state index contributed by atoms with van der Waals surface area (Å²) in [6.07, 6.45) is 0.961. The van der Waals surface area contributed by atoms with Crippen molar-refractivity contribution in [2.45, 2.75) is 23.6 Å². The van der Waals surface area contributed by atoms with Crippen LogP contribution >= 0.6 is 11.8 Å². The summed E-state index contributed by atoms with van der Waals surface area (Å²) in [5.74, 6) is -1.40. The number of hydrogen-bond donors (Lipinski definition) is 1. The third kappa shape index (κ3) is 3.67. The lowest BCUT2D eigenvalue weighted by molar-refractivity contribution is 0.252. The van der Waals surface area contributed by atoms with E-state index in [1.54, 1.807) is 12.1 Å². The molecule has 2 aromatic rings. The molecule has 0 saturated carbocycles. The number of ether oxygens (including phenoxy) is 1. The zero-order valence-electron chi connectivity index (χ0n) is 11.3. The van der Waals surface area contributed by atoms with E-state index in [2.05, 4.69) is 11.4 Å². The van der Waals surface area contributed by atoms with E-state index in [1.165, 1.54) is 11.1 Å². The minimum Gasteiger partial charge on any atom is -0.493 e. The number of anilines is 1. The normalized spacial score (nSPS) is 13.1. The first-order valence-electron chi connectivity index (χ1n) is 6.74. The van der Waals surface area contributed by atoms with E-state index in [-0.39, 0.29) is 0 Å². The molecule has 1 aliphatic rings. The minimum absolute atomic E-state index is 0.560. The van der Waals surface area contributed by atoms with E-state index in [4.69, 9.17) is 4.74 Å². The standard InChI is InChI=1S/C16H15F2NOS/c17-16(18)21-14-4-2-13(3-5-14)19-10-11-1-6-15-12(9-11)7-8-20-15/h1-6,9,16,19H,7-8,10H2. The van der Waals surface area contributed by atoms with E-state index in [9.17, 15) is 8.78 Å². The highest BCUT2D eigenvalue weighted by molar-refractivity contribution is 7.99. The van der Waals surface area contributed by atoms with Gasteiger partial charge in [0.15, 0.2) is 0 Å². The fourth-order valence-electron chi connectivity index (χ4n) is 2.31. The Kier molecular flexibility index (Phi) is 4.29. The number of nitrogens with one attached hydrogen (secondary N) is 1. The van der Waals surface area contributed by atoms with Crippen molar-refractivity contribution in [3.8, 4) is 5.75 Å².